The molecule has 0 saturated carbocycles. The summed E-state index contributed by atoms with van der Waals surface area (Å²) in [6, 6.07) is 6.50. The van der Waals surface area contributed by atoms with Crippen LogP contribution in [0.15, 0.2) is 30.3 Å². The summed E-state index contributed by atoms with van der Waals surface area (Å²) >= 11 is 5.67. The molecule has 134 valence electrons. The lowest BCUT2D eigenvalue weighted by molar-refractivity contribution is 0.102. The number of alkyl halides is 2. The molecule has 0 saturated heterocycles. The van der Waals surface area contributed by atoms with Gasteiger partial charge in [0.2, 0.25) is 0 Å². The van der Waals surface area contributed by atoms with Crippen molar-refractivity contribution in [3.05, 3.63) is 46.7 Å². The summed E-state index contributed by atoms with van der Waals surface area (Å²) in [7, 11) is 1.61. The molecule has 1 amide bonds. The van der Waals surface area contributed by atoms with E-state index in [4.69, 9.17) is 17.3 Å². The van der Waals surface area contributed by atoms with Gasteiger partial charge in [0.1, 0.15) is 5.82 Å². The Kier molecular flexibility index (Phi) is 5.97. The van der Waals surface area contributed by atoms with Gasteiger partial charge in [-0.1, -0.05) is 11.6 Å². The van der Waals surface area contributed by atoms with Crippen molar-refractivity contribution >= 4 is 40.3 Å². The van der Waals surface area contributed by atoms with Gasteiger partial charge in [-0.05, 0) is 30.3 Å². The predicted molar refractivity (Wildman–Crippen MR) is 94.3 cm³/mol. The first kappa shape index (κ1) is 18.7. The second-order valence-electron chi connectivity index (χ2n) is 5.09. The number of nitrogens with one attached hydrogen (secondary N) is 3. The number of halogens is 4. The molecule has 9 heteroatoms. The van der Waals surface area contributed by atoms with E-state index < -0.39 is 24.7 Å². The minimum Gasteiger partial charge on any atom is -0.397 e. The smallest absolute Gasteiger partial charge is 0.257 e. The number of amides is 1. The SMILES string of the molecule is CNc1cc(NCC(F)F)c(C(=O)Nc2ccc(F)c(Cl)c2)cc1N. The summed E-state index contributed by atoms with van der Waals surface area (Å²) in [5.41, 5.74) is 7.11. The third kappa shape index (κ3) is 4.69. The summed E-state index contributed by atoms with van der Waals surface area (Å²) in [4.78, 5) is 12.5. The Morgan fingerprint density at radius 3 is 2.56 bits per heavy atom. The molecule has 5 N–H and O–H groups in total. The van der Waals surface area contributed by atoms with Crippen LogP contribution >= 0.6 is 11.6 Å². The normalized spacial score (nSPS) is 10.6. The fourth-order valence-electron chi connectivity index (χ4n) is 2.13. The van der Waals surface area contributed by atoms with E-state index >= 15 is 0 Å². The van der Waals surface area contributed by atoms with Gasteiger partial charge in [0, 0.05) is 18.4 Å². The minimum atomic E-state index is -2.59. The third-order valence-electron chi connectivity index (χ3n) is 3.33. The first-order valence-electron chi connectivity index (χ1n) is 7.21. The van der Waals surface area contributed by atoms with Crippen molar-refractivity contribution in [3.8, 4) is 0 Å². The molecule has 0 fully saturated rings. The lowest BCUT2D eigenvalue weighted by Gasteiger charge is -2.16. The fourth-order valence-corrected chi connectivity index (χ4v) is 2.31. The van der Waals surface area contributed by atoms with Crippen LogP contribution in [0.25, 0.3) is 0 Å². The maximum Gasteiger partial charge on any atom is 0.257 e. The highest BCUT2D eigenvalue weighted by Gasteiger charge is 2.16. The molecule has 0 aliphatic rings. The van der Waals surface area contributed by atoms with E-state index in [0.717, 1.165) is 6.07 Å². The topological polar surface area (TPSA) is 79.2 Å². The van der Waals surface area contributed by atoms with Crippen LogP contribution in [0.2, 0.25) is 5.02 Å². The molecule has 0 atom stereocenters. The molecule has 2 aromatic rings. The van der Waals surface area contributed by atoms with Gasteiger partial charge in [0.05, 0.1) is 28.5 Å². The first-order chi connectivity index (χ1) is 11.8. The van der Waals surface area contributed by atoms with Crippen molar-refractivity contribution in [1.29, 1.82) is 0 Å². The first-order valence-corrected chi connectivity index (χ1v) is 7.59. The van der Waals surface area contributed by atoms with Crippen molar-refractivity contribution in [3.63, 3.8) is 0 Å². The van der Waals surface area contributed by atoms with Gasteiger partial charge in [0.15, 0.2) is 0 Å². The number of anilines is 4. The minimum absolute atomic E-state index is 0.0672. The Balaban J connectivity index is 2.32. The van der Waals surface area contributed by atoms with Gasteiger partial charge >= 0.3 is 0 Å². The molecule has 25 heavy (non-hydrogen) atoms. The summed E-state index contributed by atoms with van der Waals surface area (Å²) in [5, 5.41) is 7.69. The summed E-state index contributed by atoms with van der Waals surface area (Å²) in [6.07, 6.45) is -2.59. The molecular formula is C16H16ClF3N4O. The van der Waals surface area contributed by atoms with Gasteiger partial charge in [-0.3, -0.25) is 4.79 Å². The highest BCUT2D eigenvalue weighted by molar-refractivity contribution is 6.31. The van der Waals surface area contributed by atoms with Crippen LogP contribution in [0.3, 0.4) is 0 Å². The number of carbonyl (C=O) groups is 1. The van der Waals surface area contributed by atoms with E-state index in [2.05, 4.69) is 16.0 Å². The monoisotopic (exact) mass is 372 g/mol. The summed E-state index contributed by atoms with van der Waals surface area (Å²) in [6.45, 7) is -0.629. The predicted octanol–water partition coefficient (Wildman–Crippen LogP) is 4.03. The summed E-state index contributed by atoms with van der Waals surface area (Å²) < 4.78 is 38.2. The highest BCUT2D eigenvalue weighted by atomic mass is 35.5. The number of carbonyl (C=O) groups excluding carboxylic acids is 1. The van der Waals surface area contributed by atoms with Gasteiger partial charge in [-0.15, -0.1) is 0 Å². The van der Waals surface area contributed by atoms with Crippen molar-refractivity contribution < 1.29 is 18.0 Å². The Labute approximate surface area is 147 Å². The molecule has 0 aromatic heterocycles. The lowest BCUT2D eigenvalue weighted by Crippen LogP contribution is -2.18. The zero-order valence-corrected chi connectivity index (χ0v) is 13.9. The molecule has 5 nitrogen and oxygen atoms in total. The van der Waals surface area contributed by atoms with Gasteiger partial charge in [0.25, 0.3) is 12.3 Å². The van der Waals surface area contributed by atoms with Gasteiger partial charge < -0.3 is 21.7 Å². The molecular weight excluding hydrogens is 357 g/mol. The van der Waals surface area contributed by atoms with Crippen LogP contribution < -0.4 is 21.7 Å². The zero-order chi connectivity index (χ0) is 18.6. The molecule has 0 radical (unpaired) electrons. The second-order valence-corrected chi connectivity index (χ2v) is 5.50. The number of hydrogen-bond donors (Lipinski definition) is 4. The Hall–Kier alpha value is -2.61. The largest absolute Gasteiger partial charge is 0.397 e. The van der Waals surface area contributed by atoms with E-state index in [1.807, 2.05) is 0 Å². The van der Waals surface area contributed by atoms with Crippen LogP contribution in [-0.2, 0) is 0 Å². The quantitative estimate of drug-likeness (QED) is 0.577. The zero-order valence-electron chi connectivity index (χ0n) is 13.2. The number of benzene rings is 2. The van der Waals surface area contributed by atoms with Crippen LogP contribution in [-0.4, -0.2) is 25.9 Å². The molecule has 2 aromatic carbocycles. The van der Waals surface area contributed by atoms with Crippen LogP contribution in [0.5, 0.6) is 0 Å². The van der Waals surface area contributed by atoms with Crippen LogP contribution in [0.4, 0.5) is 35.9 Å². The van der Waals surface area contributed by atoms with Crippen LogP contribution in [0.1, 0.15) is 10.4 Å². The van der Waals surface area contributed by atoms with Crippen molar-refractivity contribution in [2.24, 2.45) is 0 Å². The van der Waals surface area contributed by atoms with Crippen molar-refractivity contribution in [2.75, 3.05) is 35.3 Å². The molecule has 0 spiro atoms. The number of nitrogens with two attached hydrogens (primary N) is 1. The molecule has 0 heterocycles. The molecule has 0 bridgehead atoms. The lowest BCUT2D eigenvalue weighted by atomic mass is 10.1. The van der Waals surface area contributed by atoms with E-state index in [9.17, 15) is 18.0 Å². The van der Waals surface area contributed by atoms with Gasteiger partial charge in [-0.2, -0.15) is 0 Å². The van der Waals surface area contributed by atoms with E-state index in [1.54, 1.807) is 7.05 Å². The maximum atomic E-state index is 13.2. The molecule has 0 aliphatic heterocycles. The highest BCUT2D eigenvalue weighted by Crippen LogP contribution is 2.29. The summed E-state index contributed by atoms with van der Waals surface area (Å²) in [5.74, 6) is -1.23. The van der Waals surface area contributed by atoms with E-state index in [-0.39, 0.29) is 27.6 Å². The number of rotatable bonds is 6. The average molecular weight is 373 g/mol. The van der Waals surface area contributed by atoms with Crippen molar-refractivity contribution in [1.82, 2.24) is 0 Å². The van der Waals surface area contributed by atoms with Gasteiger partial charge in [-0.25, -0.2) is 13.2 Å². The Morgan fingerprint density at radius 2 is 1.96 bits per heavy atom. The van der Waals surface area contributed by atoms with E-state index in [1.165, 1.54) is 24.3 Å². The second kappa shape index (κ2) is 7.98. The van der Waals surface area contributed by atoms with Crippen molar-refractivity contribution in [2.45, 2.75) is 6.43 Å². The average Bonchev–Trinajstić information content (AvgIpc) is 2.56. The maximum absolute atomic E-state index is 13.2. The molecule has 2 rings (SSSR count). The van der Waals surface area contributed by atoms with Crippen LogP contribution in [0, 0.1) is 5.82 Å². The standard InChI is InChI=1S/C16H16ClF3N4O/c1-22-14-6-13(23-7-15(19)20)9(5-12(14)21)16(25)24-8-2-3-11(18)10(17)4-8/h2-6,15,22-23H,7,21H2,1H3,(H,24,25). The van der Waals surface area contributed by atoms with E-state index in [0.29, 0.717) is 5.69 Å². The molecule has 0 aliphatic carbocycles. The number of hydrogen-bond acceptors (Lipinski definition) is 4. The molecule has 0 unspecified atom stereocenters. The third-order valence-corrected chi connectivity index (χ3v) is 3.62. The number of nitrogen functional groups attached to an aromatic ring is 1. The Morgan fingerprint density at radius 1 is 1.24 bits per heavy atom. The fraction of sp³-hybridized carbons (Fsp3) is 0.188. The Bertz CT molecular complexity index is 786.